The molecule has 1 saturated carbocycles. The van der Waals surface area contributed by atoms with Gasteiger partial charge >= 0.3 is 0 Å². The van der Waals surface area contributed by atoms with E-state index in [-0.39, 0.29) is 35.1 Å². The quantitative estimate of drug-likeness (QED) is 0.740. The van der Waals surface area contributed by atoms with Gasteiger partial charge in [0.05, 0.1) is 5.92 Å². The summed E-state index contributed by atoms with van der Waals surface area (Å²) in [6.07, 6.45) is 3.04. The van der Waals surface area contributed by atoms with Gasteiger partial charge in [0.1, 0.15) is 6.04 Å². The second-order valence-corrected chi connectivity index (χ2v) is 7.12. The molecule has 120 valence electrons. The molecule has 0 aromatic rings. The van der Waals surface area contributed by atoms with Crippen LogP contribution in [-0.4, -0.2) is 23.9 Å². The average Bonchev–Trinajstić information content (AvgIpc) is 2.89. The maximum absolute atomic E-state index is 12.4. The van der Waals surface area contributed by atoms with Gasteiger partial charge in [-0.2, -0.15) is 0 Å². The van der Waals surface area contributed by atoms with Crippen LogP contribution in [0, 0.1) is 17.3 Å². The van der Waals surface area contributed by atoms with Crippen LogP contribution in [0.4, 0.5) is 0 Å². The summed E-state index contributed by atoms with van der Waals surface area (Å²) in [4.78, 5) is 24.3. The van der Waals surface area contributed by atoms with E-state index in [1.165, 1.54) is 5.57 Å². The second-order valence-electron chi connectivity index (χ2n) is 7.12. The summed E-state index contributed by atoms with van der Waals surface area (Å²) >= 11 is 0. The van der Waals surface area contributed by atoms with Crippen molar-refractivity contribution in [1.29, 1.82) is 0 Å². The fourth-order valence-corrected chi connectivity index (χ4v) is 2.69. The van der Waals surface area contributed by atoms with Crippen LogP contribution in [0.5, 0.6) is 0 Å². The highest BCUT2D eigenvalue weighted by Crippen LogP contribution is 2.59. The van der Waals surface area contributed by atoms with Crippen molar-refractivity contribution < 1.29 is 9.59 Å². The summed E-state index contributed by atoms with van der Waals surface area (Å²) in [6.45, 7) is 14.0. The highest BCUT2D eigenvalue weighted by Gasteiger charge is 2.60. The first-order chi connectivity index (χ1) is 9.61. The fraction of sp³-hybridized carbons (Fsp3) is 0.765. The average molecular weight is 294 g/mol. The molecule has 2 amide bonds. The van der Waals surface area contributed by atoms with Gasteiger partial charge in [-0.1, -0.05) is 32.4 Å². The number of rotatable bonds is 6. The summed E-state index contributed by atoms with van der Waals surface area (Å²) in [5.41, 5.74) is 1.21. The van der Waals surface area contributed by atoms with Gasteiger partial charge in [-0.3, -0.25) is 9.59 Å². The molecular weight excluding hydrogens is 264 g/mol. The molecule has 1 rings (SSSR count). The maximum atomic E-state index is 12.4. The molecular formula is C17H30N2O2. The number of hydrogen-bond acceptors (Lipinski definition) is 2. The second kappa shape index (κ2) is 6.63. The Morgan fingerprint density at radius 2 is 1.76 bits per heavy atom. The summed E-state index contributed by atoms with van der Waals surface area (Å²) in [6, 6.07) is -0.358. The molecule has 1 fully saturated rings. The Morgan fingerprint density at radius 3 is 2.24 bits per heavy atom. The largest absolute Gasteiger partial charge is 0.352 e. The molecule has 0 heterocycles. The van der Waals surface area contributed by atoms with Crippen LogP contribution in [0.3, 0.4) is 0 Å². The van der Waals surface area contributed by atoms with Crippen LogP contribution in [0.15, 0.2) is 11.6 Å². The molecule has 4 atom stereocenters. The molecule has 0 radical (unpaired) electrons. The van der Waals surface area contributed by atoms with E-state index in [1.807, 2.05) is 27.7 Å². The third-order valence-corrected chi connectivity index (χ3v) is 4.46. The van der Waals surface area contributed by atoms with Crippen LogP contribution in [0.1, 0.15) is 54.9 Å². The molecule has 1 aliphatic carbocycles. The SMILES string of the molecule is CC[C@H](C)NC(=O)[C@H](C)NC(=O)[C@@H]1[C@H](C=C(C)C)C1(C)C. The molecule has 0 bridgehead atoms. The number of allylic oxidation sites excluding steroid dienone is 2. The number of amides is 2. The number of hydrogen-bond donors (Lipinski definition) is 2. The molecule has 0 unspecified atom stereocenters. The Kier molecular flexibility index (Phi) is 5.60. The third-order valence-electron chi connectivity index (χ3n) is 4.46. The zero-order chi connectivity index (χ0) is 16.4. The minimum absolute atomic E-state index is 0.0192. The van der Waals surface area contributed by atoms with Crippen molar-refractivity contribution in [2.45, 2.75) is 67.0 Å². The predicted octanol–water partition coefficient (Wildman–Crippen LogP) is 2.64. The van der Waals surface area contributed by atoms with Gasteiger partial charge in [-0.05, 0) is 45.4 Å². The van der Waals surface area contributed by atoms with E-state index in [0.29, 0.717) is 0 Å². The van der Waals surface area contributed by atoms with E-state index in [4.69, 9.17) is 0 Å². The summed E-state index contributed by atoms with van der Waals surface area (Å²) in [5, 5.41) is 5.74. The Balaban J connectivity index is 2.58. The zero-order valence-corrected chi connectivity index (χ0v) is 14.4. The van der Waals surface area contributed by atoms with Crippen LogP contribution < -0.4 is 10.6 Å². The van der Waals surface area contributed by atoms with E-state index in [2.05, 4.69) is 30.6 Å². The first kappa shape index (κ1) is 17.7. The molecule has 0 aromatic heterocycles. The molecule has 2 N–H and O–H groups in total. The van der Waals surface area contributed by atoms with Crippen molar-refractivity contribution in [2.24, 2.45) is 17.3 Å². The minimum atomic E-state index is -0.491. The van der Waals surface area contributed by atoms with Crippen molar-refractivity contribution >= 4 is 11.8 Å². The summed E-state index contributed by atoms with van der Waals surface area (Å²) in [7, 11) is 0. The first-order valence-electron chi connectivity index (χ1n) is 7.87. The van der Waals surface area contributed by atoms with E-state index in [0.717, 1.165) is 6.42 Å². The molecule has 1 aliphatic rings. The lowest BCUT2D eigenvalue weighted by atomic mass is 10.1. The van der Waals surface area contributed by atoms with Gasteiger partial charge in [0.15, 0.2) is 0 Å². The Labute approximate surface area is 128 Å². The molecule has 0 aliphatic heterocycles. The van der Waals surface area contributed by atoms with Crippen LogP contribution in [0.2, 0.25) is 0 Å². The topological polar surface area (TPSA) is 58.2 Å². The van der Waals surface area contributed by atoms with E-state index in [1.54, 1.807) is 6.92 Å². The van der Waals surface area contributed by atoms with Crippen molar-refractivity contribution in [3.8, 4) is 0 Å². The van der Waals surface area contributed by atoms with Gasteiger partial charge < -0.3 is 10.6 Å². The molecule has 21 heavy (non-hydrogen) atoms. The van der Waals surface area contributed by atoms with Gasteiger partial charge in [-0.25, -0.2) is 0 Å². The van der Waals surface area contributed by atoms with E-state index < -0.39 is 6.04 Å². The number of carbonyl (C=O) groups is 2. The Bertz CT molecular complexity index is 436. The standard InChI is InChI=1S/C17H30N2O2/c1-8-11(4)18-15(20)12(5)19-16(21)14-13(9-10(2)3)17(14,6)7/h9,11-14H,8H2,1-7H3,(H,18,20)(H,19,21)/t11-,12-,13-,14-/m0/s1. The predicted molar refractivity (Wildman–Crippen MR) is 85.7 cm³/mol. The normalized spacial score (nSPS) is 25.5. The third kappa shape index (κ3) is 4.32. The highest BCUT2D eigenvalue weighted by atomic mass is 16.2. The Hall–Kier alpha value is -1.32. The monoisotopic (exact) mass is 294 g/mol. The molecule has 4 nitrogen and oxygen atoms in total. The lowest BCUT2D eigenvalue weighted by Crippen LogP contribution is -2.48. The summed E-state index contributed by atoms with van der Waals surface area (Å²) < 4.78 is 0. The molecule has 0 spiro atoms. The van der Waals surface area contributed by atoms with Gasteiger partial charge in [-0.15, -0.1) is 0 Å². The number of carbonyl (C=O) groups excluding carboxylic acids is 2. The maximum Gasteiger partial charge on any atom is 0.242 e. The number of nitrogens with one attached hydrogen (secondary N) is 2. The van der Waals surface area contributed by atoms with Gasteiger partial charge in [0.2, 0.25) is 11.8 Å². The minimum Gasteiger partial charge on any atom is -0.352 e. The van der Waals surface area contributed by atoms with Crippen molar-refractivity contribution in [2.75, 3.05) is 0 Å². The van der Waals surface area contributed by atoms with Crippen LogP contribution >= 0.6 is 0 Å². The zero-order valence-electron chi connectivity index (χ0n) is 14.4. The van der Waals surface area contributed by atoms with Gasteiger partial charge in [0.25, 0.3) is 0 Å². The lowest BCUT2D eigenvalue weighted by Gasteiger charge is -2.17. The van der Waals surface area contributed by atoms with E-state index >= 15 is 0 Å². The molecule has 0 saturated heterocycles. The summed E-state index contributed by atoms with van der Waals surface area (Å²) in [5.74, 6) is 0.0998. The van der Waals surface area contributed by atoms with Gasteiger partial charge in [0, 0.05) is 6.04 Å². The van der Waals surface area contributed by atoms with Crippen molar-refractivity contribution in [3.05, 3.63) is 11.6 Å². The van der Waals surface area contributed by atoms with E-state index in [9.17, 15) is 9.59 Å². The van der Waals surface area contributed by atoms with Crippen molar-refractivity contribution in [3.63, 3.8) is 0 Å². The van der Waals surface area contributed by atoms with Crippen LogP contribution in [-0.2, 0) is 9.59 Å². The first-order valence-corrected chi connectivity index (χ1v) is 7.87. The lowest BCUT2D eigenvalue weighted by molar-refractivity contribution is -0.130. The smallest absolute Gasteiger partial charge is 0.242 e. The highest BCUT2D eigenvalue weighted by molar-refractivity contribution is 5.90. The Morgan fingerprint density at radius 1 is 1.19 bits per heavy atom. The fourth-order valence-electron chi connectivity index (χ4n) is 2.69. The van der Waals surface area contributed by atoms with Crippen LogP contribution in [0.25, 0.3) is 0 Å². The van der Waals surface area contributed by atoms with Crippen molar-refractivity contribution in [1.82, 2.24) is 10.6 Å². The molecule has 0 aromatic carbocycles. The molecule has 4 heteroatoms.